The van der Waals surface area contributed by atoms with E-state index in [9.17, 15) is 0 Å². The third kappa shape index (κ3) is 1.31. The van der Waals surface area contributed by atoms with Gasteiger partial charge in [0.15, 0.2) is 5.65 Å². The first-order valence-electron chi connectivity index (χ1n) is 3.44. The number of nitrogens with zero attached hydrogens (tertiary/aromatic N) is 3. The van der Waals surface area contributed by atoms with E-state index < -0.39 is 0 Å². The quantitative estimate of drug-likeness (QED) is 0.598. The van der Waals surface area contributed by atoms with E-state index in [1.807, 2.05) is 6.92 Å². The van der Waals surface area contributed by atoms with Crippen molar-refractivity contribution in [3.8, 4) is 0 Å². The molecule has 0 aliphatic carbocycles. The SMILES string of the molecule is Cc1nc2ncnc(CI)c2s1. The second-order valence-electron chi connectivity index (χ2n) is 2.34. The van der Waals surface area contributed by atoms with Crippen LogP contribution in [0.4, 0.5) is 0 Å². The number of rotatable bonds is 1. The van der Waals surface area contributed by atoms with Crippen LogP contribution in [0.25, 0.3) is 10.3 Å². The van der Waals surface area contributed by atoms with Crippen LogP contribution in [0.5, 0.6) is 0 Å². The van der Waals surface area contributed by atoms with Gasteiger partial charge in [-0.05, 0) is 6.92 Å². The largest absolute Gasteiger partial charge is 0.239 e. The monoisotopic (exact) mass is 291 g/mol. The predicted octanol–water partition coefficient (Wildman–Crippen LogP) is 2.33. The molecule has 0 N–H and O–H groups in total. The maximum absolute atomic E-state index is 4.29. The van der Waals surface area contributed by atoms with Gasteiger partial charge in [0.1, 0.15) is 6.33 Å². The van der Waals surface area contributed by atoms with Gasteiger partial charge in [0.2, 0.25) is 0 Å². The van der Waals surface area contributed by atoms with Gasteiger partial charge in [-0.2, -0.15) is 0 Å². The minimum absolute atomic E-state index is 0.833. The fourth-order valence-electron chi connectivity index (χ4n) is 0.999. The predicted molar refractivity (Wildman–Crippen MR) is 57.7 cm³/mol. The lowest BCUT2D eigenvalue weighted by molar-refractivity contribution is 1.13. The Labute approximate surface area is 87.4 Å². The van der Waals surface area contributed by atoms with Gasteiger partial charge in [0.05, 0.1) is 15.4 Å². The highest BCUT2D eigenvalue weighted by Gasteiger charge is 2.06. The molecule has 0 bridgehead atoms. The van der Waals surface area contributed by atoms with E-state index >= 15 is 0 Å². The summed E-state index contributed by atoms with van der Waals surface area (Å²) in [5.41, 5.74) is 1.92. The van der Waals surface area contributed by atoms with Gasteiger partial charge in [-0.15, -0.1) is 11.3 Å². The molecule has 0 amide bonds. The fraction of sp³-hybridized carbons (Fsp3) is 0.286. The summed E-state index contributed by atoms with van der Waals surface area (Å²) in [6.07, 6.45) is 1.58. The van der Waals surface area contributed by atoms with Crippen LogP contribution in [0, 0.1) is 6.92 Å². The zero-order valence-corrected chi connectivity index (χ0v) is 9.39. The summed E-state index contributed by atoms with van der Waals surface area (Å²) in [6, 6.07) is 0. The van der Waals surface area contributed by atoms with Crippen molar-refractivity contribution in [1.29, 1.82) is 0 Å². The smallest absolute Gasteiger partial charge is 0.173 e. The summed E-state index contributed by atoms with van der Waals surface area (Å²) in [5, 5.41) is 1.05. The molecule has 2 heterocycles. The number of thiazole rings is 1. The van der Waals surface area contributed by atoms with Gasteiger partial charge in [-0.25, -0.2) is 15.0 Å². The van der Waals surface area contributed by atoms with E-state index in [2.05, 4.69) is 37.5 Å². The molecule has 0 aliphatic rings. The first-order valence-corrected chi connectivity index (χ1v) is 5.78. The van der Waals surface area contributed by atoms with Gasteiger partial charge in [-0.1, -0.05) is 22.6 Å². The second-order valence-corrected chi connectivity index (χ2v) is 4.31. The van der Waals surface area contributed by atoms with E-state index in [1.54, 1.807) is 17.7 Å². The van der Waals surface area contributed by atoms with Crippen molar-refractivity contribution in [2.75, 3.05) is 0 Å². The Balaban J connectivity index is 2.78. The topological polar surface area (TPSA) is 38.7 Å². The molecule has 62 valence electrons. The van der Waals surface area contributed by atoms with Crippen LogP contribution in [0.15, 0.2) is 6.33 Å². The van der Waals surface area contributed by atoms with Crippen LogP contribution >= 0.6 is 33.9 Å². The van der Waals surface area contributed by atoms with Crippen molar-refractivity contribution < 1.29 is 0 Å². The van der Waals surface area contributed by atoms with E-state index in [4.69, 9.17) is 0 Å². The Hall–Kier alpha value is -0.300. The molecule has 0 aromatic carbocycles. The molecule has 2 aromatic heterocycles. The van der Waals surface area contributed by atoms with Crippen LogP contribution < -0.4 is 0 Å². The third-order valence-electron chi connectivity index (χ3n) is 1.50. The van der Waals surface area contributed by atoms with Crippen LogP contribution in [0.3, 0.4) is 0 Å². The van der Waals surface area contributed by atoms with Crippen molar-refractivity contribution in [2.24, 2.45) is 0 Å². The molecule has 0 radical (unpaired) electrons. The minimum Gasteiger partial charge on any atom is -0.239 e. The van der Waals surface area contributed by atoms with Crippen molar-refractivity contribution >= 4 is 44.3 Å². The van der Waals surface area contributed by atoms with Gasteiger partial charge < -0.3 is 0 Å². The number of alkyl halides is 1. The summed E-state index contributed by atoms with van der Waals surface area (Å²) in [6.45, 7) is 1.99. The highest BCUT2D eigenvalue weighted by molar-refractivity contribution is 14.1. The average molecular weight is 291 g/mol. The highest BCUT2D eigenvalue weighted by Crippen LogP contribution is 2.23. The number of aromatic nitrogens is 3. The molecule has 0 spiro atoms. The molecular weight excluding hydrogens is 285 g/mol. The van der Waals surface area contributed by atoms with Crippen molar-refractivity contribution in [3.05, 3.63) is 17.0 Å². The molecule has 5 heteroatoms. The Morgan fingerprint density at radius 2 is 2.33 bits per heavy atom. The maximum Gasteiger partial charge on any atom is 0.173 e. The van der Waals surface area contributed by atoms with Crippen molar-refractivity contribution in [3.63, 3.8) is 0 Å². The normalized spacial score (nSPS) is 10.8. The molecule has 0 saturated carbocycles. The van der Waals surface area contributed by atoms with E-state index in [0.717, 1.165) is 25.5 Å². The van der Waals surface area contributed by atoms with E-state index in [1.165, 1.54) is 0 Å². The van der Waals surface area contributed by atoms with Gasteiger partial charge in [-0.3, -0.25) is 0 Å². The summed E-state index contributed by atoms with van der Waals surface area (Å²) < 4.78 is 2.04. The van der Waals surface area contributed by atoms with E-state index in [-0.39, 0.29) is 0 Å². The molecule has 2 aromatic rings. The fourth-order valence-corrected chi connectivity index (χ4v) is 2.70. The Morgan fingerprint density at radius 3 is 3.08 bits per heavy atom. The molecule has 2 rings (SSSR count). The Morgan fingerprint density at radius 1 is 1.50 bits per heavy atom. The lowest BCUT2D eigenvalue weighted by Crippen LogP contribution is -1.86. The summed E-state index contributed by atoms with van der Waals surface area (Å²) in [4.78, 5) is 12.6. The molecular formula is C7H6IN3S. The third-order valence-corrected chi connectivity index (χ3v) is 3.23. The molecule has 0 aliphatic heterocycles. The number of fused-ring (bicyclic) bond motifs is 1. The zero-order valence-electron chi connectivity index (χ0n) is 6.41. The first-order chi connectivity index (χ1) is 5.81. The Bertz CT molecular complexity index is 412. The number of hydrogen-bond donors (Lipinski definition) is 0. The minimum atomic E-state index is 0.833. The van der Waals surface area contributed by atoms with Gasteiger partial charge in [0, 0.05) is 4.43 Å². The lowest BCUT2D eigenvalue weighted by atomic mass is 10.4. The van der Waals surface area contributed by atoms with Crippen LogP contribution in [-0.4, -0.2) is 15.0 Å². The molecule has 3 nitrogen and oxygen atoms in total. The lowest BCUT2D eigenvalue weighted by Gasteiger charge is -1.92. The van der Waals surface area contributed by atoms with Crippen LogP contribution in [0.2, 0.25) is 0 Å². The van der Waals surface area contributed by atoms with Crippen molar-refractivity contribution in [2.45, 2.75) is 11.4 Å². The van der Waals surface area contributed by atoms with Crippen molar-refractivity contribution in [1.82, 2.24) is 15.0 Å². The molecule has 0 fully saturated rings. The number of aryl methyl sites for hydroxylation is 1. The Kier molecular flexibility index (Phi) is 2.22. The van der Waals surface area contributed by atoms with Crippen LogP contribution in [0.1, 0.15) is 10.7 Å². The molecule has 0 saturated heterocycles. The molecule has 0 atom stereocenters. The summed E-state index contributed by atoms with van der Waals surface area (Å²) in [7, 11) is 0. The van der Waals surface area contributed by atoms with E-state index in [0.29, 0.717) is 0 Å². The average Bonchev–Trinajstić information content (AvgIpc) is 2.44. The molecule has 0 unspecified atom stereocenters. The highest BCUT2D eigenvalue weighted by atomic mass is 127. The van der Waals surface area contributed by atoms with Crippen LogP contribution in [-0.2, 0) is 4.43 Å². The zero-order chi connectivity index (χ0) is 8.55. The second kappa shape index (κ2) is 3.21. The standard InChI is InChI=1S/C7H6IN3S/c1-4-11-7-6(12-4)5(2-8)9-3-10-7/h3H,2H2,1H3. The number of hydrogen-bond acceptors (Lipinski definition) is 4. The summed E-state index contributed by atoms with van der Waals surface area (Å²) >= 11 is 3.96. The first kappa shape index (κ1) is 8.31. The molecule has 12 heavy (non-hydrogen) atoms. The van der Waals surface area contributed by atoms with Gasteiger partial charge in [0.25, 0.3) is 0 Å². The van der Waals surface area contributed by atoms with Gasteiger partial charge >= 0.3 is 0 Å². The summed E-state index contributed by atoms with van der Waals surface area (Å²) in [5.74, 6) is 0. The number of halogens is 1. The maximum atomic E-state index is 4.29.